The number of halogens is 1. The van der Waals surface area contributed by atoms with E-state index in [-0.39, 0.29) is 17.0 Å². The molecule has 2 aromatic rings. The van der Waals surface area contributed by atoms with E-state index in [1.807, 2.05) is 13.0 Å². The Morgan fingerprint density at radius 3 is 2.63 bits per heavy atom. The molecule has 0 aliphatic heterocycles. The summed E-state index contributed by atoms with van der Waals surface area (Å²) >= 11 is 0. The molecule has 3 nitrogen and oxygen atoms in total. The van der Waals surface area contributed by atoms with Crippen molar-refractivity contribution in [3.63, 3.8) is 0 Å². The van der Waals surface area contributed by atoms with Crippen LogP contribution in [0, 0.1) is 12.7 Å². The molecule has 0 aliphatic carbocycles. The zero-order valence-electron chi connectivity index (χ0n) is 10.7. The lowest BCUT2D eigenvalue weighted by Gasteiger charge is -2.10. The first-order chi connectivity index (χ1) is 9.04. The number of para-hydroxylation sites is 1. The summed E-state index contributed by atoms with van der Waals surface area (Å²) in [6.45, 7) is 1.87. The number of nitrogens with two attached hydrogens (primary N) is 1. The number of carbonyl (C=O) groups is 1. The van der Waals surface area contributed by atoms with Crippen LogP contribution in [0.2, 0.25) is 0 Å². The van der Waals surface area contributed by atoms with E-state index in [1.54, 1.807) is 12.1 Å². The lowest BCUT2D eigenvalue weighted by molar-refractivity contribution is 0.103. The minimum absolute atomic E-state index is 0.143. The highest BCUT2D eigenvalue weighted by Crippen LogP contribution is 2.26. The minimum atomic E-state index is -0.600. The van der Waals surface area contributed by atoms with Crippen LogP contribution in [0.1, 0.15) is 21.5 Å². The van der Waals surface area contributed by atoms with Crippen LogP contribution in [0.3, 0.4) is 0 Å². The van der Waals surface area contributed by atoms with E-state index in [1.165, 1.54) is 25.3 Å². The van der Waals surface area contributed by atoms with Gasteiger partial charge >= 0.3 is 0 Å². The Morgan fingerprint density at radius 1 is 1.21 bits per heavy atom. The number of hydrogen-bond acceptors (Lipinski definition) is 3. The molecule has 0 aromatic heterocycles. The Hall–Kier alpha value is -2.36. The molecule has 0 amide bonds. The maximum atomic E-state index is 13.4. The number of rotatable bonds is 3. The standard InChI is InChI=1S/C15H14FNO2/c1-9-6-7-13(19-2)11(8-9)15(18)10-4-3-5-12(16)14(10)17/h3-8H,17H2,1-2H3. The highest BCUT2D eigenvalue weighted by atomic mass is 19.1. The van der Waals surface area contributed by atoms with Gasteiger partial charge in [0.25, 0.3) is 0 Å². The molecule has 2 rings (SSSR count). The summed E-state index contributed by atoms with van der Waals surface area (Å²) < 4.78 is 18.6. The number of ketones is 1. The van der Waals surface area contributed by atoms with Gasteiger partial charge in [-0.1, -0.05) is 17.7 Å². The van der Waals surface area contributed by atoms with E-state index in [0.717, 1.165) is 5.56 Å². The van der Waals surface area contributed by atoms with Crippen molar-refractivity contribution in [3.8, 4) is 5.75 Å². The van der Waals surface area contributed by atoms with Crippen molar-refractivity contribution in [2.45, 2.75) is 6.92 Å². The summed E-state index contributed by atoms with van der Waals surface area (Å²) in [7, 11) is 1.48. The predicted molar refractivity (Wildman–Crippen MR) is 72.0 cm³/mol. The summed E-state index contributed by atoms with van der Waals surface area (Å²) in [4.78, 5) is 12.4. The largest absolute Gasteiger partial charge is 0.496 e. The second-order valence-corrected chi connectivity index (χ2v) is 4.23. The van der Waals surface area contributed by atoms with Crippen LogP contribution < -0.4 is 10.5 Å². The van der Waals surface area contributed by atoms with Crippen LogP contribution >= 0.6 is 0 Å². The fourth-order valence-corrected chi connectivity index (χ4v) is 1.88. The minimum Gasteiger partial charge on any atom is -0.496 e. The average molecular weight is 259 g/mol. The first-order valence-electron chi connectivity index (χ1n) is 5.78. The molecule has 98 valence electrons. The molecule has 0 heterocycles. The first-order valence-corrected chi connectivity index (χ1v) is 5.78. The Labute approximate surface area is 110 Å². The molecule has 0 atom stereocenters. The zero-order chi connectivity index (χ0) is 14.0. The van der Waals surface area contributed by atoms with Gasteiger partial charge in [-0.25, -0.2) is 4.39 Å². The van der Waals surface area contributed by atoms with Crippen LogP contribution in [0.5, 0.6) is 5.75 Å². The lowest BCUT2D eigenvalue weighted by atomic mass is 9.99. The van der Waals surface area contributed by atoms with Gasteiger partial charge in [-0.15, -0.1) is 0 Å². The van der Waals surface area contributed by atoms with Crippen LogP contribution in [-0.2, 0) is 0 Å². The third kappa shape index (κ3) is 2.42. The molecular weight excluding hydrogens is 245 g/mol. The van der Waals surface area contributed by atoms with E-state index < -0.39 is 5.82 Å². The van der Waals surface area contributed by atoms with Crippen molar-refractivity contribution >= 4 is 11.5 Å². The Morgan fingerprint density at radius 2 is 1.95 bits per heavy atom. The van der Waals surface area contributed by atoms with E-state index >= 15 is 0 Å². The van der Waals surface area contributed by atoms with Gasteiger partial charge in [-0.3, -0.25) is 4.79 Å². The molecule has 0 saturated heterocycles. The number of hydrogen-bond donors (Lipinski definition) is 1. The molecule has 0 fully saturated rings. The molecule has 0 aliphatic rings. The molecule has 0 bridgehead atoms. The number of anilines is 1. The Bertz CT molecular complexity index is 638. The molecular formula is C15H14FNO2. The third-order valence-electron chi connectivity index (χ3n) is 2.90. The zero-order valence-corrected chi connectivity index (χ0v) is 10.7. The van der Waals surface area contributed by atoms with E-state index in [2.05, 4.69) is 0 Å². The number of aryl methyl sites for hydroxylation is 1. The van der Waals surface area contributed by atoms with Crippen molar-refractivity contribution in [1.82, 2.24) is 0 Å². The van der Waals surface area contributed by atoms with Crippen molar-refractivity contribution in [3.05, 3.63) is 58.9 Å². The third-order valence-corrected chi connectivity index (χ3v) is 2.90. The molecule has 0 radical (unpaired) electrons. The van der Waals surface area contributed by atoms with Gasteiger partial charge in [0.15, 0.2) is 5.78 Å². The molecule has 2 aromatic carbocycles. The van der Waals surface area contributed by atoms with Crippen molar-refractivity contribution in [2.75, 3.05) is 12.8 Å². The maximum Gasteiger partial charge on any atom is 0.198 e. The van der Waals surface area contributed by atoms with Crippen molar-refractivity contribution < 1.29 is 13.9 Å². The average Bonchev–Trinajstić information content (AvgIpc) is 2.41. The molecule has 19 heavy (non-hydrogen) atoms. The van der Waals surface area contributed by atoms with Gasteiger partial charge in [0, 0.05) is 5.56 Å². The summed E-state index contributed by atoms with van der Waals surface area (Å²) in [5, 5.41) is 0. The van der Waals surface area contributed by atoms with Crippen molar-refractivity contribution in [1.29, 1.82) is 0 Å². The van der Waals surface area contributed by atoms with Gasteiger partial charge in [-0.2, -0.15) is 0 Å². The van der Waals surface area contributed by atoms with Gasteiger partial charge in [0.1, 0.15) is 11.6 Å². The Kier molecular flexibility index (Phi) is 3.51. The van der Waals surface area contributed by atoms with E-state index in [0.29, 0.717) is 11.3 Å². The quantitative estimate of drug-likeness (QED) is 0.681. The van der Waals surface area contributed by atoms with E-state index in [4.69, 9.17) is 10.5 Å². The molecule has 0 spiro atoms. The van der Waals surface area contributed by atoms with Gasteiger partial charge in [0.05, 0.1) is 18.4 Å². The van der Waals surface area contributed by atoms with Crippen molar-refractivity contribution in [2.24, 2.45) is 0 Å². The Balaban J connectivity index is 2.56. The summed E-state index contributed by atoms with van der Waals surface area (Å²) in [6.07, 6.45) is 0. The lowest BCUT2D eigenvalue weighted by Crippen LogP contribution is -2.08. The fourth-order valence-electron chi connectivity index (χ4n) is 1.88. The van der Waals surface area contributed by atoms with Crippen LogP contribution in [-0.4, -0.2) is 12.9 Å². The summed E-state index contributed by atoms with van der Waals surface area (Å²) in [5.74, 6) is -0.505. The van der Waals surface area contributed by atoms with Gasteiger partial charge < -0.3 is 10.5 Å². The predicted octanol–water partition coefficient (Wildman–Crippen LogP) is 2.96. The number of carbonyl (C=O) groups excluding carboxylic acids is 1. The highest BCUT2D eigenvalue weighted by Gasteiger charge is 2.18. The monoisotopic (exact) mass is 259 g/mol. The normalized spacial score (nSPS) is 10.3. The highest BCUT2D eigenvalue weighted by molar-refractivity contribution is 6.13. The first kappa shape index (κ1) is 13.1. The number of ether oxygens (including phenoxy) is 1. The van der Waals surface area contributed by atoms with Crippen LogP contribution in [0.15, 0.2) is 36.4 Å². The second-order valence-electron chi connectivity index (χ2n) is 4.23. The number of nitrogen functional groups attached to an aromatic ring is 1. The number of methoxy groups -OCH3 is 1. The molecule has 2 N–H and O–H groups in total. The van der Waals surface area contributed by atoms with Crippen LogP contribution in [0.25, 0.3) is 0 Å². The maximum absolute atomic E-state index is 13.4. The topological polar surface area (TPSA) is 52.3 Å². The van der Waals surface area contributed by atoms with Gasteiger partial charge in [-0.05, 0) is 31.2 Å². The molecule has 0 saturated carbocycles. The summed E-state index contributed by atoms with van der Waals surface area (Å²) in [5.41, 5.74) is 6.90. The SMILES string of the molecule is COc1ccc(C)cc1C(=O)c1cccc(F)c1N. The summed E-state index contributed by atoms with van der Waals surface area (Å²) in [6, 6.07) is 9.43. The smallest absolute Gasteiger partial charge is 0.198 e. The van der Waals surface area contributed by atoms with E-state index in [9.17, 15) is 9.18 Å². The molecule has 0 unspecified atom stereocenters. The number of benzene rings is 2. The van der Waals surface area contributed by atoms with Gasteiger partial charge in [0.2, 0.25) is 0 Å². The second kappa shape index (κ2) is 5.10. The fraction of sp³-hybridized carbons (Fsp3) is 0.133. The van der Waals surface area contributed by atoms with Crippen LogP contribution in [0.4, 0.5) is 10.1 Å². The molecule has 4 heteroatoms.